The lowest BCUT2D eigenvalue weighted by Gasteiger charge is -2.33. The molecule has 1 fully saturated rings. The van der Waals surface area contributed by atoms with Gasteiger partial charge in [-0.2, -0.15) is 0 Å². The molecule has 1 aromatic rings. The Hall–Kier alpha value is -2.11. The molecule has 1 aromatic carbocycles. The number of halogens is 1. The first-order valence-corrected chi connectivity index (χ1v) is 9.64. The summed E-state index contributed by atoms with van der Waals surface area (Å²) in [5.74, 6) is 0.283. The van der Waals surface area contributed by atoms with Crippen LogP contribution >= 0.6 is 0 Å². The molecule has 0 radical (unpaired) electrons. The van der Waals surface area contributed by atoms with Gasteiger partial charge in [-0.05, 0) is 63.1 Å². The molecule has 5 nitrogen and oxygen atoms in total. The van der Waals surface area contributed by atoms with Crippen molar-refractivity contribution in [3.8, 4) is 0 Å². The number of piperidine rings is 1. The summed E-state index contributed by atoms with van der Waals surface area (Å²) in [5.41, 5.74) is 0.474. The first-order chi connectivity index (χ1) is 12.6. The Labute approximate surface area is 161 Å². The van der Waals surface area contributed by atoms with Crippen molar-refractivity contribution in [2.45, 2.75) is 58.5 Å². The number of hydrogen-bond acceptors (Lipinski definition) is 3. The lowest BCUT2D eigenvalue weighted by atomic mass is 9.94. The fraction of sp³-hybridized carbons (Fsp3) is 0.619. The maximum absolute atomic E-state index is 13.0. The third kappa shape index (κ3) is 7.19. The SMILES string of the molecule is C[C@@H](CC(=O)N1CCC(CNC(=O)OC(C)(C)C)CC1)c1ccc(F)cc1. The van der Waals surface area contributed by atoms with E-state index in [0.29, 0.717) is 32.0 Å². The predicted octanol–water partition coefficient (Wildman–Crippen LogP) is 4.08. The van der Waals surface area contributed by atoms with Crippen LogP contribution in [0.15, 0.2) is 24.3 Å². The number of ether oxygens (including phenoxy) is 1. The summed E-state index contributed by atoms with van der Waals surface area (Å²) in [6.07, 6.45) is 1.76. The van der Waals surface area contributed by atoms with Crippen LogP contribution in [0.4, 0.5) is 9.18 Å². The number of carbonyl (C=O) groups is 2. The molecule has 150 valence electrons. The van der Waals surface area contributed by atoms with Crippen molar-refractivity contribution < 1.29 is 18.7 Å². The van der Waals surface area contributed by atoms with Gasteiger partial charge in [-0.25, -0.2) is 9.18 Å². The van der Waals surface area contributed by atoms with Gasteiger partial charge in [-0.1, -0.05) is 19.1 Å². The minimum atomic E-state index is -0.499. The number of carbonyl (C=O) groups excluding carboxylic acids is 2. The summed E-state index contributed by atoms with van der Waals surface area (Å²) < 4.78 is 18.3. The molecule has 6 heteroatoms. The van der Waals surface area contributed by atoms with Gasteiger partial charge in [0.2, 0.25) is 5.91 Å². The Morgan fingerprint density at radius 3 is 2.37 bits per heavy atom. The minimum absolute atomic E-state index is 0.0599. The van der Waals surface area contributed by atoms with Crippen LogP contribution < -0.4 is 5.32 Å². The zero-order valence-corrected chi connectivity index (χ0v) is 16.8. The Morgan fingerprint density at radius 1 is 1.22 bits per heavy atom. The highest BCUT2D eigenvalue weighted by atomic mass is 19.1. The van der Waals surface area contributed by atoms with Crippen molar-refractivity contribution in [1.82, 2.24) is 10.2 Å². The molecule has 27 heavy (non-hydrogen) atoms. The number of hydrogen-bond donors (Lipinski definition) is 1. The number of likely N-dealkylation sites (tertiary alicyclic amines) is 1. The molecule has 1 heterocycles. The topological polar surface area (TPSA) is 58.6 Å². The Balaban J connectivity index is 1.72. The van der Waals surface area contributed by atoms with Crippen LogP contribution in [0.2, 0.25) is 0 Å². The van der Waals surface area contributed by atoms with Crippen LogP contribution in [0.3, 0.4) is 0 Å². The molecule has 2 amide bonds. The van der Waals surface area contributed by atoms with E-state index in [-0.39, 0.29) is 17.6 Å². The molecule has 2 rings (SSSR count). The molecule has 1 aliphatic rings. The largest absolute Gasteiger partial charge is 0.444 e. The van der Waals surface area contributed by atoms with Crippen LogP contribution in [0, 0.1) is 11.7 Å². The summed E-state index contributed by atoms with van der Waals surface area (Å²) in [6, 6.07) is 6.34. The maximum atomic E-state index is 13.0. The summed E-state index contributed by atoms with van der Waals surface area (Å²) in [6.45, 7) is 9.48. The van der Waals surface area contributed by atoms with E-state index < -0.39 is 11.7 Å². The van der Waals surface area contributed by atoms with Gasteiger partial charge in [0.1, 0.15) is 11.4 Å². The fourth-order valence-corrected chi connectivity index (χ4v) is 3.23. The van der Waals surface area contributed by atoms with Gasteiger partial charge in [0.25, 0.3) is 0 Å². The van der Waals surface area contributed by atoms with Gasteiger partial charge >= 0.3 is 6.09 Å². The molecule has 0 unspecified atom stereocenters. The fourth-order valence-electron chi connectivity index (χ4n) is 3.23. The number of nitrogens with zero attached hydrogens (tertiary/aromatic N) is 1. The number of benzene rings is 1. The normalized spacial score (nSPS) is 16.7. The van der Waals surface area contributed by atoms with E-state index in [0.717, 1.165) is 18.4 Å². The van der Waals surface area contributed by atoms with Crippen molar-refractivity contribution in [3.05, 3.63) is 35.6 Å². The third-order valence-electron chi connectivity index (χ3n) is 4.82. The molecule has 0 aromatic heterocycles. The summed E-state index contributed by atoms with van der Waals surface area (Å²) in [7, 11) is 0. The van der Waals surface area contributed by atoms with Gasteiger partial charge < -0.3 is 15.0 Å². The first-order valence-electron chi connectivity index (χ1n) is 9.64. The van der Waals surface area contributed by atoms with E-state index in [9.17, 15) is 14.0 Å². The highest BCUT2D eigenvalue weighted by Crippen LogP contribution is 2.23. The minimum Gasteiger partial charge on any atom is -0.444 e. The molecule has 1 saturated heterocycles. The monoisotopic (exact) mass is 378 g/mol. The van der Waals surface area contributed by atoms with Crippen molar-refractivity contribution in [1.29, 1.82) is 0 Å². The van der Waals surface area contributed by atoms with Crippen molar-refractivity contribution in [3.63, 3.8) is 0 Å². The maximum Gasteiger partial charge on any atom is 0.407 e. The summed E-state index contributed by atoms with van der Waals surface area (Å²) in [4.78, 5) is 26.2. The Kier molecular flexibility index (Phi) is 7.22. The standard InChI is InChI=1S/C21H31FN2O3/c1-15(17-5-7-18(22)8-6-17)13-19(25)24-11-9-16(10-12-24)14-23-20(26)27-21(2,3)4/h5-8,15-16H,9-14H2,1-4H3,(H,23,26)/t15-/m0/s1. The van der Waals surface area contributed by atoms with Crippen molar-refractivity contribution >= 4 is 12.0 Å². The van der Waals surface area contributed by atoms with Gasteiger partial charge in [0.05, 0.1) is 0 Å². The Morgan fingerprint density at radius 2 is 1.81 bits per heavy atom. The molecule has 1 aliphatic heterocycles. The predicted molar refractivity (Wildman–Crippen MR) is 103 cm³/mol. The van der Waals surface area contributed by atoms with Crippen LogP contribution in [0.5, 0.6) is 0 Å². The third-order valence-corrected chi connectivity index (χ3v) is 4.82. The Bertz CT molecular complexity index is 632. The smallest absolute Gasteiger partial charge is 0.407 e. The van der Waals surface area contributed by atoms with Gasteiger partial charge in [0.15, 0.2) is 0 Å². The average molecular weight is 378 g/mol. The van der Waals surface area contributed by atoms with Crippen LogP contribution in [0.25, 0.3) is 0 Å². The highest BCUT2D eigenvalue weighted by Gasteiger charge is 2.25. The molecule has 0 saturated carbocycles. The van der Waals surface area contributed by atoms with Gasteiger partial charge in [0, 0.05) is 26.1 Å². The molecule has 0 bridgehead atoms. The second-order valence-electron chi connectivity index (χ2n) is 8.36. The lowest BCUT2D eigenvalue weighted by Crippen LogP contribution is -2.42. The number of rotatable bonds is 5. The number of nitrogens with one attached hydrogen (secondary N) is 1. The van der Waals surface area contributed by atoms with Crippen molar-refractivity contribution in [2.24, 2.45) is 5.92 Å². The van der Waals surface area contributed by atoms with E-state index >= 15 is 0 Å². The molecular formula is C21H31FN2O3. The quantitative estimate of drug-likeness (QED) is 0.840. The van der Waals surface area contributed by atoms with Crippen LogP contribution in [-0.4, -0.2) is 42.1 Å². The van der Waals surface area contributed by atoms with Crippen LogP contribution in [0.1, 0.15) is 58.4 Å². The van der Waals surface area contributed by atoms with E-state index in [1.54, 1.807) is 12.1 Å². The van der Waals surface area contributed by atoms with Crippen molar-refractivity contribution in [2.75, 3.05) is 19.6 Å². The molecule has 1 N–H and O–H groups in total. The van der Waals surface area contributed by atoms with E-state index in [1.165, 1.54) is 12.1 Å². The average Bonchev–Trinajstić information content (AvgIpc) is 2.59. The molecular weight excluding hydrogens is 347 g/mol. The van der Waals surface area contributed by atoms with E-state index in [2.05, 4.69) is 5.32 Å². The second-order valence-corrected chi connectivity index (χ2v) is 8.36. The molecule has 0 spiro atoms. The lowest BCUT2D eigenvalue weighted by molar-refractivity contribution is -0.132. The van der Waals surface area contributed by atoms with Gasteiger partial charge in [-0.3, -0.25) is 4.79 Å². The van der Waals surface area contributed by atoms with Crippen LogP contribution in [-0.2, 0) is 9.53 Å². The zero-order valence-electron chi connectivity index (χ0n) is 16.8. The first kappa shape index (κ1) is 21.2. The number of alkyl carbamates (subject to hydrolysis) is 1. The molecule has 1 atom stereocenters. The summed E-state index contributed by atoms with van der Waals surface area (Å²) >= 11 is 0. The molecule has 0 aliphatic carbocycles. The van der Waals surface area contributed by atoms with E-state index in [1.807, 2.05) is 32.6 Å². The van der Waals surface area contributed by atoms with E-state index in [4.69, 9.17) is 4.74 Å². The highest BCUT2D eigenvalue weighted by molar-refractivity contribution is 5.77. The number of amides is 2. The second kappa shape index (κ2) is 9.20. The van der Waals surface area contributed by atoms with Gasteiger partial charge in [-0.15, -0.1) is 0 Å². The zero-order chi connectivity index (χ0) is 20.0. The summed E-state index contributed by atoms with van der Waals surface area (Å²) in [5, 5.41) is 2.82.